The van der Waals surface area contributed by atoms with E-state index in [1.54, 1.807) is 55.2 Å². The third kappa shape index (κ3) is 15.0. The predicted molar refractivity (Wildman–Crippen MR) is 232 cm³/mol. The monoisotopic (exact) mass is 837 g/mol. The molecule has 0 aromatic heterocycles. The molecule has 15 heteroatoms. The van der Waals surface area contributed by atoms with Gasteiger partial charge in [0.25, 0.3) is 0 Å². The van der Waals surface area contributed by atoms with Crippen molar-refractivity contribution < 1.29 is 37.7 Å². The van der Waals surface area contributed by atoms with E-state index in [4.69, 9.17) is 9.47 Å². The van der Waals surface area contributed by atoms with Crippen molar-refractivity contribution in [2.75, 3.05) is 66.7 Å². The van der Waals surface area contributed by atoms with Crippen molar-refractivity contribution in [1.82, 2.24) is 30.7 Å². The molecule has 1 aliphatic heterocycles. The van der Waals surface area contributed by atoms with E-state index in [9.17, 15) is 28.2 Å². The third-order valence-electron chi connectivity index (χ3n) is 11.7. The zero-order chi connectivity index (χ0) is 43.9. The molecule has 1 saturated heterocycles. The van der Waals surface area contributed by atoms with Crippen LogP contribution in [0.15, 0.2) is 30.3 Å². The Kier molecular flexibility index (Phi) is 21.0. The topological polar surface area (TPSA) is 167 Å². The molecule has 9 atom stereocenters. The minimum atomic E-state index is -2.22. The number of hydrogen-bond acceptors (Lipinski definition) is 9. The van der Waals surface area contributed by atoms with Gasteiger partial charge in [-0.1, -0.05) is 71.4 Å². The molecule has 1 aromatic rings. The predicted octanol–water partition coefficient (Wildman–Crippen LogP) is 2.51. The lowest BCUT2D eigenvalue weighted by atomic mass is 9.89. The second-order valence-corrected chi connectivity index (χ2v) is 20.7. The Labute approximate surface area is 349 Å². The number of carbonyl (C=O) groups is 5. The van der Waals surface area contributed by atoms with Crippen LogP contribution < -0.4 is 16.0 Å². The Morgan fingerprint density at radius 2 is 1.55 bits per heavy atom. The van der Waals surface area contributed by atoms with Gasteiger partial charge in [0.1, 0.15) is 12.1 Å². The summed E-state index contributed by atoms with van der Waals surface area (Å²) in [6.45, 7) is 12.2. The van der Waals surface area contributed by atoms with Gasteiger partial charge in [-0.25, -0.2) is 0 Å². The Bertz CT molecular complexity index is 1520. The number of methoxy groups -OCH3 is 2. The van der Waals surface area contributed by atoms with Gasteiger partial charge in [0.05, 0.1) is 42.7 Å². The molecule has 0 bridgehead atoms. The normalized spacial score (nSPS) is 19.0. The highest BCUT2D eigenvalue weighted by atomic mass is 32.2. The Morgan fingerprint density at radius 3 is 2.09 bits per heavy atom. The zero-order valence-corrected chi connectivity index (χ0v) is 38.5. The molecule has 1 fully saturated rings. The lowest BCUT2D eigenvalue weighted by molar-refractivity contribution is -0.148. The van der Waals surface area contributed by atoms with E-state index in [-0.39, 0.29) is 54.2 Å². The van der Waals surface area contributed by atoms with Gasteiger partial charge in [0.2, 0.25) is 29.5 Å². The third-order valence-corrected chi connectivity index (χ3v) is 13.1. The number of benzene rings is 1. The van der Waals surface area contributed by atoms with E-state index in [2.05, 4.69) is 16.0 Å². The summed E-state index contributed by atoms with van der Waals surface area (Å²) >= 11 is 0. The molecule has 332 valence electrons. The van der Waals surface area contributed by atoms with Crippen LogP contribution in [0.2, 0.25) is 0 Å². The number of ether oxygens (including phenoxy) is 2. The van der Waals surface area contributed by atoms with Crippen molar-refractivity contribution in [2.24, 2.45) is 17.8 Å². The minimum absolute atomic E-state index is 0.00214. The summed E-state index contributed by atoms with van der Waals surface area (Å²) in [5.41, 5.74) is 0.886. The smallest absolute Gasteiger partial charge is 0.245 e. The minimum Gasteiger partial charge on any atom is -0.379 e. The molecule has 2 rings (SSSR count). The second kappa shape index (κ2) is 24.0. The Morgan fingerprint density at radius 1 is 0.914 bits per heavy atom. The van der Waals surface area contributed by atoms with Crippen LogP contribution in [0.25, 0.3) is 0 Å². The first-order valence-corrected chi connectivity index (χ1v) is 23.7. The van der Waals surface area contributed by atoms with Crippen molar-refractivity contribution >= 4 is 39.5 Å². The number of hydrogen-bond donors (Lipinski definition) is 4. The van der Waals surface area contributed by atoms with Gasteiger partial charge in [-0.15, -0.1) is 9.93 Å². The summed E-state index contributed by atoms with van der Waals surface area (Å²) in [4.78, 5) is 74.0. The van der Waals surface area contributed by atoms with Gasteiger partial charge in [0, 0.05) is 46.5 Å². The van der Waals surface area contributed by atoms with E-state index in [1.807, 2.05) is 72.1 Å². The number of likely N-dealkylation sites (N-methyl/N-ethyl adjacent to an activating group) is 2. The van der Waals surface area contributed by atoms with E-state index in [0.717, 1.165) is 18.4 Å². The van der Waals surface area contributed by atoms with Gasteiger partial charge in [-0.05, 0) is 70.2 Å². The van der Waals surface area contributed by atoms with Crippen molar-refractivity contribution in [3.05, 3.63) is 35.9 Å². The average molecular weight is 837 g/mol. The number of likely N-dealkylation sites (tertiary alicyclic amines) is 1. The summed E-state index contributed by atoms with van der Waals surface area (Å²) in [5, 5.41) is 8.84. The van der Waals surface area contributed by atoms with E-state index >= 15 is 0 Å². The first-order valence-electron chi connectivity index (χ1n) is 20.9. The number of carbonyl (C=O) groups excluding carboxylic acids is 5. The zero-order valence-electron chi connectivity index (χ0n) is 37.6. The summed E-state index contributed by atoms with van der Waals surface area (Å²) < 4.78 is 24.2. The second-order valence-electron chi connectivity index (χ2n) is 17.2. The molecule has 1 aliphatic rings. The van der Waals surface area contributed by atoms with Gasteiger partial charge in [-0.2, -0.15) is 0 Å². The molecule has 14 nitrogen and oxygen atoms in total. The molecule has 1 aromatic carbocycles. The number of nitrogens with zero attached hydrogens (tertiary/aromatic N) is 3. The van der Waals surface area contributed by atoms with Crippen molar-refractivity contribution in [3.63, 3.8) is 0 Å². The van der Waals surface area contributed by atoms with Gasteiger partial charge >= 0.3 is 0 Å². The van der Waals surface area contributed by atoms with E-state index < -0.39 is 58.3 Å². The number of thiol groups is 1. The number of nitrogens with one attached hydrogen (secondary N) is 3. The van der Waals surface area contributed by atoms with Gasteiger partial charge < -0.3 is 35.2 Å². The maximum Gasteiger partial charge on any atom is 0.245 e. The standard InChI is InChI=1S/C43H76N6O8S/c1-14-29(4)38(48(9)43(54)37(28(2)3)46-41(52)31(6)47(7)8)35(56-10)27-36(50)49-24-18-22-34(49)39(57-11)30(5)40(51)45-33(26-32-20-16-15-17-21-32)42(53)44-23-19-25-58(12,13)55/h15-17,20-21,28-31,33-35,37-39,58H,14,18-19,22-27H2,1-13H3,(H,44,53)(H,45,51)(H,46,52)/t29-,30+,31-,33-,34-,35+,37?,38?,39+/m0/s1. The van der Waals surface area contributed by atoms with Crippen LogP contribution in [-0.2, 0) is 49.8 Å². The van der Waals surface area contributed by atoms with Gasteiger partial charge in [0.15, 0.2) is 0 Å². The molecule has 0 radical (unpaired) electrons. The maximum atomic E-state index is 14.3. The van der Waals surface area contributed by atoms with E-state index in [1.165, 1.54) is 7.11 Å². The first kappa shape index (κ1) is 50.7. The fourth-order valence-corrected chi connectivity index (χ4v) is 8.62. The fourth-order valence-electron chi connectivity index (χ4n) is 7.70. The highest BCUT2D eigenvalue weighted by Crippen LogP contribution is 2.30. The molecule has 58 heavy (non-hydrogen) atoms. The van der Waals surface area contributed by atoms with Crippen LogP contribution in [0, 0.1) is 17.8 Å². The molecule has 0 saturated carbocycles. The average Bonchev–Trinajstić information content (AvgIpc) is 3.66. The molecule has 1 heterocycles. The van der Waals surface area contributed by atoms with Crippen LogP contribution in [0.1, 0.15) is 79.2 Å². The summed E-state index contributed by atoms with van der Waals surface area (Å²) in [6, 6.07) is 6.53. The lowest BCUT2D eigenvalue weighted by Crippen LogP contribution is -2.59. The largest absolute Gasteiger partial charge is 0.379 e. The highest BCUT2D eigenvalue weighted by Gasteiger charge is 2.43. The molecule has 0 aliphatic carbocycles. The first-order chi connectivity index (χ1) is 27.2. The van der Waals surface area contributed by atoms with Crippen molar-refractivity contribution in [2.45, 2.75) is 122 Å². The van der Waals surface area contributed by atoms with Crippen molar-refractivity contribution in [3.8, 4) is 0 Å². The maximum absolute atomic E-state index is 14.3. The van der Waals surface area contributed by atoms with Gasteiger partial charge in [-0.3, -0.25) is 33.1 Å². The van der Waals surface area contributed by atoms with E-state index in [0.29, 0.717) is 31.7 Å². The van der Waals surface area contributed by atoms with Crippen LogP contribution in [0.5, 0.6) is 0 Å². The summed E-state index contributed by atoms with van der Waals surface area (Å²) in [6.07, 6.45) is 5.05. The number of rotatable bonds is 24. The lowest BCUT2D eigenvalue weighted by Gasteiger charge is -2.41. The quantitative estimate of drug-likeness (QED) is 0.0905. The fraction of sp³-hybridized carbons (Fsp3) is 0.744. The Hall–Kier alpha value is -3.40. The van der Waals surface area contributed by atoms with Crippen LogP contribution in [0.3, 0.4) is 0 Å². The van der Waals surface area contributed by atoms with Crippen molar-refractivity contribution in [1.29, 1.82) is 0 Å². The van der Waals surface area contributed by atoms with Crippen LogP contribution >= 0.6 is 0 Å². The highest BCUT2D eigenvalue weighted by molar-refractivity contribution is 8.01. The molecule has 0 spiro atoms. The molecule has 5 amide bonds. The molecule has 2 unspecified atom stereocenters. The van der Waals surface area contributed by atoms with Crippen LogP contribution in [0.4, 0.5) is 0 Å². The molecular formula is C43H76N6O8S. The Balaban J connectivity index is 2.27. The summed E-state index contributed by atoms with van der Waals surface area (Å²) in [7, 11) is 6.19. The SMILES string of the molecule is CC[C@H](C)C([C@@H](CC(=O)N1CCC[C@H]1[C@H](OC)[C@@H](C)C(=O)N[C@@H](Cc1ccccc1)C(=O)NCCC[SH](C)(C)=O)OC)N(C)C(=O)C(NC(=O)[C@H](C)N(C)C)C(C)C. The molecular weight excluding hydrogens is 761 g/mol. The summed E-state index contributed by atoms with van der Waals surface area (Å²) in [5.74, 6) is -1.78. The van der Waals surface area contributed by atoms with Crippen LogP contribution in [-0.4, -0.2) is 158 Å². The molecule has 3 N–H and O–H groups in total. The number of amides is 5.